The van der Waals surface area contributed by atoms with Crippen molar-refractivity contribution in [1.82, 2.24) is 9.78 Å². The standard InChI is InChI=1S/C15H19N3O/c1-11-8-17-18(2)15(11)9-16-14-4-3-12-5-6-19-10-13(12)7-14/h3-4,7-8,16H,5-6,9-10H2,1-2H3. The van der Waals surface area contributed by atoms with E-state index in [1.165, 1.54) is 22.4 Å². The van der Waals surface area contributed by atoms with Gasteiger partial charge in [0.2, 0.25) is 0 Å². The largest absolute Gasteiger partial charge is 0.379 e. The molecule has 2 aromatic rings. The van der Waals surface area contributed by atoms with E-state index in [0.717, 1.165) is 31.9 Å². The van der Waals surface area contributed by atoms with Crippen molar-refractivity contribution in [2.45, 2.75) is 26.5 Å². The fourth-order valence-electron chi connectivity index (χ4n) is 2.49. The second-order valence-corrected chi connectivity index (χ2v) is 5.04. The summed E-state index contributed by atoms with van der Waals surface area (Å²) in [6.07, 6.45) is 2.92. The van der Waals surface area contributed by atoms with Crippen molar-refractivity contribution in [1.29, 1.82) is 0 Å². The molecule has 3 rings (SSSR count). The molecule has 2 heterocycles. The number of fused-ring (bicyclic) bond motifs is 1. The Balaban J connectivity index is 1.74. The van der Waals surface area contributed by atoms with E-state index in [1.54, 1.807) is 0 Å². The second kappa shape index (κ2) is 5.05. The quantitative estimate of drug-likeness (QED) is 0.917. The Morgan fingerprint density at radius 1 is 1.37 bits per heavy atom. The molecule has 4 nitrogen and oxygen atoms in total. The third-order valence-corrected chi connectivity index (χ3v) is 3.71. The van der Waals surface area contributed by atoms with Gasteiger partial charge in [-0.2, -0.15) is 5.10 Å². The van der Waals surface area contributed by atoms with Gasteiger partial charge >= 0.3 is 0 Å². The number of nitrogens with one attached hydrogen (secondary N) is 1. The summed E-state index contributed by atoms with van der Waals surface area (Å²) >= 11 is 0. The van der Waals surface area contributed by atoms with E-state index in [9.17, 15) is 0 Å². The minimum absolute atomic E-state index is 0.732. The first-order valence-corrected chi connectivity index (χ1v) is 6.65. The second-order valence-electron chi connectivity index (χ2n) is 5.04. The van der Waals surface area contributed by atoms with E-state index < -0.39 is 0 Å². The van der Waals surface area contributed by atoms with E-state index in [0.29, 0.717) is 0 Å². The third-order valence-electron chi connectivity index (χ3n) is 3.71. The normalized spacial score (nSPS) is 14.2. The Bertz CT molecular complexity index is 570. The average Bonchev–Trinajstić information content (AvgIpc) is 2.76. The molecule has 1 aliphatic heterocycles. The van der Waals surface area contributed by atoms with Gasteiger partial charge < -0.3 is 10.1 Å². The third kappa shape index (κ3) is 2.49. The smallest absolute Gasteiger partial charge is 0.0720 e. The molecule has 0 radical (unpaired) electrons. The molecule has 1 aliphatic rings. The van der Waals surface area contributed by atoms with E-state index in [1.807, 2.05) is 17.9 Å². The predicted molar refractivity (Wildman–Crippen MR) is 75.1 cm³/mol. The van der Waals surface area contributed by atoms with Crippen LogP contribution in [0.15, 0.2) is 24.4 Å². The summed E-state index contributed by atoms with van der Waals surface area (Å²) < 4.78 is 7.42. The first kappa shape index (κ1) is 12.2. The van der Waals surface area contributed by atoms with Gasteiger partial charge in [-0.1, -0.05) is 6.07 Å². The monoisotopic (exact) mass is 257 g/mol. The molecule has 0 saturated carbocycles. The topological polar surface area (TPSA) is 39.1 Å². The molecular weight excluding hydrogens is 238 g/mol. The Hall–Kier alpha value is -1.81. The highest BCUT2D eigenvalue weighted by Gasteiger charge is 2.10. The zero-order valence-electron chi connectivity index (χ0n) is 11.4. The maximum Gasteiger partial charge on any atom is 0.0720 e. The number of aryl methyl sites for hydroxylation is 2. The number of anilines is 1. The SMILES string of the molecule is Cc1cnn(C)c1CNc1ccc2c(c1)COCC2. The van der Waals surface area contributed by atoms with Gasteiger partial charge in [0, 0.05) is 12.7 Å². The van der Waals surface area contributed by atoms with Crippen molar-refractivity contribution in [2.75, 3.05) is 11.9 Å². The highest BCUT2D eigenvalue weighted by Crippen LogP contribution is 2.21. The summed E-state index contributed by atoms with van der Waals surface area (Å²) in [6, 6.07) is 6.55. The molecular formula is C15H19N3O. The molecule has 19 heavy (non-hydrogen) atoms. The van der Waals surface area contributed by atoms with Crippen LogP contribution in [0.4, 0.5) is 5.69 Å². The van der Waals surface area contributed by atoms with Gasteiger partial charge in [0.15, 0.2) is 0 Å². The molecule has 4 heteroatoms. The van der Waals surface area contributed by atoms with Crippen LogP contribution in [0.25, 0.3) is 0 Å². The first-order valence-electron chi connectivity index (χ1n) is 6.65. The molecule has 0 fully saturated rings. The van der Waals surface area contributed by atoms with Crippen LogP contribution in [0.1, 0.15) is 22.4 Å². The van der Waals surface area contributed by atoms with Crippen LogP contribution in [0.3, 0.4) is 0 Å². The average molecular weight is 257 g/mol. The maximum atomic E-state index is 5.50. The molecule has 100 valence electrons. The molecule has 0 aliphatic carbocycles. The molecule has 0 unspecified atom stereocenters. The van der Waals surface area contributed by atoms with Gasteiger partial charge in [0.05, 0.1) is 31.6 Å². The van der Waals surface area contributed by atoms with Crippen LogP contribution in [-0.4, -0.2) is 16.4 Å². The summed E-state index contributed by atoms with van der Waals surface area (Å²) in [5.74, 6) is 0. The van der Waals surface area contributed by atoms with E-state index in [4.69, 9.17) is 4.74 Å². The Labute approximate surface area is 113 Å². The van der Waals surface area contributed by atoms with Crippen LogP contribution in [0.2, 0.25) is 0 Å². The maximum absolute atomic E-state index is 5.50. The zero-order chi connectivity index (χ0) is 13.2. The van der Waals surface area contributed by atoms with Gasteiger partial charge in [-0.3, -0.25) is 4.68 Å². The van der Waals surface area contributed by atoms with Crippen LogP contribution in [0, 0.1) is 6.92 Å². The molecule has 0 atom stereocenters. The van der Waals surface area contributed by atoms with Crippen LogP contribution >= 0.6 is 0 Å². The number of nitrogens with zero attached hydrogens (tertiary/aromatic N) is 2. The number of benzene rings is 1. The molecule has 0 bridgehead atoms. The Morgan fingerprint density at radius 3 is 3.05 bits per heavy atom. The molecule has 0 amide bonds. The number of ether oxygens (including phenoxy) is 1. The summed E-state index contributed by atoms with van der Waals surface area (Å²) in [5.41, 5.74) is 6.29. The summed E-state index contributed by atoms with van der Waals surface area (Å²) in [4.78, 5) is 0. The zero-order valence-corrected chi connectivity index (χ0v) is 11.4. The highest BCUT2D eigenvalue weighted by molar-refractivity contribution is 5.49. The Morgan fingerprint density at radius 2 is 2.26 bits per heavy atom. The summed E-state index contributed by atoms with van der Waals surface area (Å²) in [5, 5.41) is 7.72. The van der Waals surface area contributed by atoms with Crippen molar-refractivity contribution in [2.24, 2.45) is 7.05 Å². The molecule has 0 spiro atoms. The van der Waals surface area contributed by atoms with Gasteiger partial charge in [0.25, 0.3) is 0 Å². The van der Waals surface area contributed by atoms with Crippen molar-refractivity contribution in [3.63, 3.8) is 0 Å². The lowest BCUT2D eigenvalue weighted by Gasteiger charge is -2.18. The number of hydrogen-bond donors (Lipinski definition) is 1. The summed E-state index contributed by atoms with van der Waals surface area (Å²) in [6.45, 7) is 4.45. The molecule has 1 aromatic heterocycles. The van der Waals surface area contributed by atoms with Crippen LogP contribution in [0.5, 0.6) is 0 Å². The molecule has 0 saturated heterocycles. The van der Waals surface area contributed by atoms with Crippen molar-refractivity contribution >= 4 is 5.69 Å². The van der Waals surface area contributed by atoms with Gasteiger partial charge in [-0.15, -0.1) is 0 Å². The van der Waals surface area contributed by atoms with Gasteiger partial charge in [-0.05, 0) is 42.2 Å². The lowest BCUT2D eigenvalue weighted by atomic mass is 10.0. The fraction of sp³-hybridized carbons (Fsp3) is 0.400. The first-order chi connectivity index (χ1) is 9.24. The van der Waals surface area contributed by atoms with Crippen LogP contribution < -0.4 is 5.32 Å². The Kier molecular flexibility index (Phi) is 3.25. The minimum atomic E-state index is 0.732. The number of rotatable bonds is 3. The lowest BCUT2D eigenvalue weighted by Crippen LogP contribution is -2.11. The summed E-state index contributed by atoms with van der Waals surface area (Å²) in [7, 11) is 1.98. The lowest BCUT2D eigenvalue weighted by molar-refractivity contribution is 0.111. The number of aromatic nitrogens is 2. The van der Waals surface area contributed by atoms with E-state index in [-0.39, 0.29) is 0 Å². The van der Waals surface area contributed by atoms with Crippen molar-refractivity contribution < 1.29 is 4.74 Å². The van der Waals surface area contributed by atoms with Crippen molar-refractivity contribution in [3.8, 4) is 0 Å². The van der Waals surface area contributed by atoms with Crippen molar-refractivity contribution in [3.05, 3.63) is 46.8 Å². The van der Waals surface area contributed by atoms with Gasteiger partial charge in [0.1, 0.15) is 0 Å². The van der Waals surface area contributed by atoms with Crippen LogP contribution in [-0.2, 0) is 31.4 Å². The molecule has 1 aromatic carbocycles. The fourth-order valence-corrected chi connectivity index (χ4v) is 2.49. The molecule has 1 N–H and O–H groups in total. The highest BCUT2D eigenvalue weighted by atomic mass is 16.5. The predicted octanol–water partition coefficient (Wildman–Crippen LogP) is 2.41. The van der Waals surface area contributed by atoms with E-state index in [2.05, 4.69) is 35.5 Å². The minimum Gasteiger partial charge on any atom is -0.379 e. The van der Waals surface area contributed by atoms with E-state index >= 15 is 0 Å². The number of hydrogen-bond acceptors (Lipinski definition) is 3. The van der Waals surface area contributed by atoms with Gasteiger partial charge in [-0.25, -0.2) is 0 Å².